The maximum Gasteiger partial charge on any atom is 0.268 e. The summed E-state index contributed by atoms with van der Waals surface area (Å²) in [5.74, 6) is 0.0326. The molecule has 2 aromatic carbocycles. The van der Waals surface area contributed by atoms with Crippen LogP contribution in [0.15, 0.2) is 54.6 Å². The third-order valence-electron chi connectivity index (χ3n) is 3.87. The number of benzene rings is 2. The highest BCUT2D eigenvalue weighted by atomic mass is 16.5. The van der Waals surface area contributed by atoms with Crippen molar-refractivity contribution >= 4 is 17.5 Å². The lowest BCUT2D eigenvalue weighted by atomic mass is 10.1. The number of piperidine rings is 1. The van der Waals surface area contributed by atoms with Gasteiger partial charge in [-0.25, -0.2) is 0 Å². The predicted octanol–water partition coefficient (Wildman–Crippen LogP) is 2.36. The van der Waals surface area contributed by atoms with Gasteiger partial charge in [-0.2, -0.15) is 0 Å². The normalized spacial score (nSPS) is 17.8. The lowest BCUT2D eigenvalue weighted by Gasteiger charge is -2.32. The molecule has 5 heteroatoms. The number of anilines is 1. The third-order valence-corrected chi connectivity index (χ3v) is 3.87. The molecule has 1 aliphatic rings. The molecule has 0 aromatic heterocycles. The maximum absolute atomic E-state index is 12.6. The summed E-state index contributed by atoms with van der Waals surface area (Å²) in [5.41, 5.74) is 6.51. The van der Waals surface area contributed by atoms with E-state index in [1.807, 2.05) is 30.3 Å². The molecule has 5 nitrogen and oxygen atoms in total. The first-order valence-corrected chi connectivity index (χ1v) is 7.58. The second-order valence-corrected chi connectivity index (χ2v) is 5.46. The fraction of sp³-hybridized carbons (Fsp3) is 0.222. The zero-order chi connectivity index (χ0) is 16.2. The maximum atomic E-state index is 12.6. The van der Waals surface area contributed by atoms with Crippen molar-refractivity contribution in [2.45, 2.75) is 18.9 Å². The highest BCUT2D eigenvalue weighted by Gasteiger charge is 2.31. The molecule has 1 heterocycles. The van der Waals surface area contributed by atoms with Crippen LogP contribution in [0.2, 0.25) is 0 Å². The number of nitrogens with two attached hydrogens (primary N) is 1. The number of hydrogen-bond acceptors (Lipinski definition) is 3. The molecule has 1 atom stereocenters. The van der Waals surface area contributed by atoms with E-state index in [2.05, 4.69) is 0 Å². The average Bonchev–Trinajstić information content (AvgIpc) is 2.58. The topological polar surface area (TPSA) is 72.6 Å². The van der Waals surface area contributed by atoms with Crippen LogP contribution in [0.4, 0.5) is 5.69 Å². The van der Waals surface area contributed by atoms with Crippen LogP contribution in [0.25, 0.3) is 0 Å². The Balaban J connectivity index is 1.72. The van der Waals surface area contributed by atoms with Crippen molar-refractivity contribution in [1.82, 2.24) is 0 Å². The zero-order valence-electron chi connectivity index (χ0n) is 12.6. The van der Waals surface area contributed by atoms with Crippen molar-refractivity contribution in [2.75, 3.05) is 11.4 Å². The number of carbonyl (C=O) groups is 2. The number of amides is 2. The first-order valence-electron chi connectivity index (χ1n) is 7.58. The summed E-state index contributed by atoms with van der Waals surface area (Å²) in [5, 5.41) is 0. The van der Waals surface area contributed by atoms with Crippen LogP contribution in [0.5, 0.6) is 5.75 Å². The van der Waals surface area contributed by atoms with Crippen LogP contribution in [-0.4, -0.2) is 24.5 Å². The van der Waals surface area contributed by atoms with E-state index in [0.29, 0.717) is 24.3 Å². The SMILES string of the molecule is NC(=O)c1ccc(O[C@H]2CCCN(c3ccccc3)C2=O)cc1. The molecule has 0 unspecified atom stereocenters. The lowest BCUT2D eigenvalue weighted by Crippen LogP contribution is -2.46. The van der Waals surface area contributed by atoms with Crippen molar-refractivity contribution in [1.29, 1.82) is 0 Å². The Morgan fingerprint density at radius 1 is 1.09 bits per heavy atom. The molecule has 2 amide bonds. The van der Waals surface area contributed by atoms with E-state index >= 15 is 0 Å². The molecule has 0 saturated carbocycles. The Labute approximate surface area is 134 Å². The predicted molar refractivity (Wildman–Crippen MR) is 87.4 cm³/mol. The molecule has 3 rings (SSSR count). The summed E-state index contributed by atoms with van der Waals surface area (Å²) in [6.45, 7) is 0.698. The first kappa shape index (κ1) is 15.1. The molecule has 0 aliphatic carbocycles. The van der Waals surface area contributed by atoms with Crippen molar-refractivity contribution in [3.05, 3.63) is 60.2 Å². The summed E-state index contributed by atoms with van der Waals surface area (Å²) in [7, 11) is 0. The van der Waals surface area contributed by atoms with Crippen LogP contribution in [0.3, 0.4) is 0 Å². The minimum Gasteiger partial charge on any atom is -0.481 e. The van der Waals surface area contributed by atoms with E-state index in [9.17, 15) is 9.59 Å². The second-order valence-electron chi connectivity index (χ2n) is 5.46. The van der Waals surface area contributed by atoms with E-state index in [1.54, 1.807) is 29.2 Å². The molecule has 1 fully saturated rings. The van der Waals surface area contributed by atoms with Crippen LogP contribution >= 0.6 is 0 Å². The van der Waals surface area contributed by atoms with E-state index < -0.39 is 12.0 Å². The van der Waals surface area contributed by atoms with Crippen LogP contribution in [0.1, 0.15) is 23.2 Å². The Kier molecular flexibility index (Phi) is 4.28. The Bertz CT molecular complexity index is 698. The number of rotatable bonds is 4. The van der Waals surface area contributed by atoms with Gasteiger partial charge < -0.3 is 15.4 Å². The molecule has 0 spiro atoms. The zero-order valence-corrected chi connectivity index (χ0v) is 12.6. The first-order chi connectivity index (χ1) is 11.1. The van der Waals surface area contributed by atoms with Crippen molar-refractivity contribution < 1.29 is 14.3 Å². The fourth-order valence-electron chi connectivity index (χ4n) is 2.68. The molecule has 2 N–H and O–H groups in total. The molecule has 1 aliphatic heterocycles. The summed E-state index contributed by atoms with van der Waals surface area (Å²) in [4.78, 5) is 25.5. The molecule has 2 aromatic rings. The quantitative estimate of drug-likeness (QED) is 0.942. The molecular weight excluding hydrogens is 292 g/mol. The summed E-state index contributed by atoms with van der Waals surface area (Å²) in [6.07, 6.45) is 1.05. The summed E-state index contributed by atoms with van der Waals surface area (Å²) < 4.78 is 5.81. The van der Waals surface area contributed by atoms with E-state index in [4.69, 9.17) is 10.5 Å². The fourth-order valence-corrected chi connectivity index (χ4v) is 2.68. The number of hydrogen-bond donors (Lipinski definition) is 1. The van der Waals surface area contributed by atoms with Gasteiger partial charge in [0.05, 0.1) is 0 Å². The summed E-state index contributed by atoms with van der Waals surface area (Å²) in [6, 6.07) is 16.1. The molecular formula is C18H18N2O3. The van der Waals surface area contributed by atoms with Gasteiger partial charge in [0.2, 0.25) is 5.91 Å². The molecule has 1 saturated heterocycles. The van der Waals surface area contributed by atoms with Crippen LogP contribution in [-0.2, 0) is 4.79 Å². The number of carbonyl (C=O) groups excluding carboxylic acids is 2. The van der Waals surface area contributed by atoms with Crippen molar-refractivity contribution in [2.24, 2.45) is 5.73 Å². The van der Waals surface area contributed by atoms with Gasteiger partial charge in [-0.15, -0.1) is 0 Å². The van der Waals surface area contributed by atoms with Gasteiger partial charge in [-0.1, -0.05) is 18.2 Å². The molecule has 0 bridgehead atoms. The molecule has 118 valence electrons. The van der Waals surface area contributed by atoms with E-state index in [1.165, 1.54) is 0 Å². The average molecular weight is 310 g/mol. The Hall–Kier alpha value is -2.82. The third kappa shape index (κ3) is 3.34. The van der Waals surface area contributed by atoms with Crippen molar-refractivity contribution in [3.63, 3.8) is 0 Å². The Morgan fingerprint density at radius 3 is 2.43 bits per heavy atom. The highest BCUT2D eigenvalue weighted by Crippen LogP contribution is 2.24. The highest BCUT2D eigenvalue weighted by molar-refractivity contribution is 5.97. The van der Waals surface area contributed by atoms with E-state index in [-0.39, 0.29) is 5.91 Å². The lowest BCUT2D eigenvalue weighted by molar-refractivity contribution is -0.126. The van der Waals surface area contributed by atoms with Gasteiger partial charge in [0, 0.05) is 17.8 Å². The standard InChI is InChI=1S/C18H18N2O3/c19-17(21)13-8-10-15(11-9-13)23-16-7-4-12-20(18(16)22)14-5-2-1-3-6-14/h1-3,5-6,8-11,16H,4,7,12H2,(H2,19,21)/t16-/m0/s1. The minimum absolute atomic E-state index is 0.0403. The smallest absolute Gasteiger partial charge is 0.268 e. The monoisotopic (exact) mass is 310 g/mol. The van der Waals surface area contributed by atoms with Crippen LogP contribution in [0, 0.1) is 0 Å². The largest absolute Gasteiger partial charge is 0.481 e. The molecule has 23 heavy (non-hydrogen) atoms. The summed E-state index contributed by atoms with van der Waals surface area (Å²) >= 11 is 0. The van der Waals surface area contributed by atoms with Gasteiger partial charge in [0.1, 0.15) is 5.75 Å². The number of primary amides is 1. The number of para-hydroxylation sites is 1. The minimum atomic E-state index is -0.511. The van der Waals surface area contributed by atoms with Gasteiger partial charge in [-0.05, 0) is 49.2 Å². The second kappa shape index (κ2) is 6.52. The van der Waals surface area contributed by atoms with Crippen molar-refractivity contribution in [3.8, 4) is 5.75 Å². The van der Waals surface area contributed by atoms with Crippen LogP contribution < -0.4 is 15.4 Å². The van der Waals surface area contributed by atoms with Gasteiger partial charge in [0.15, 0.2) is 6.10 Å². The van der Waals surface area contributed by atoms with E-state index in [0.717, 1.165) is 12.1 Å². The van der Waals surface area contributed by atoms with Gasteiger partial charge in [-0.3, -0.25) is 9.59 Å². The number of nitrogens with zero attached hydrogens (tertiary/aromatic N) is 1. The van der Waals surface area contributed by atoms with Gasteiger partial charge >= 0.3 is 0 Å². The molecule has 0 radical (unpaired) electrons. The van der Waals surface area contributed by atoms with Gasteiger partial charge in [0.25, 0.3) is 5.91 Å². The number of ether oxygens (including phenoxy) is 1. The Morgan fingerprint density at radius 2 is 1.78 bits per heavy atom.